The van der Waals surface area contributed by atoms with Crippen LogP contribution in [-0.2, 0) is 38.2 Å². The number of ether oxygens (including phenoxy) is 3. The van der Waals surface area contributed by atoms with Crippen molar-refractivity contribution in [3.63, 3.8) is 0 Å². The van der Waals surface area contributed by atoms with Gasteiger partial charge >= 0.3 is 11.9 Å². The molecule has 0 aliphatic carbocycles. The van der Waals surface area contributed by atoms with Gasteiger partial charge in [-0.15, -0.1) is 0 Å². The first-order chi connectivity index (χ1) is 35.8. The topological polar surface area (TPSA) is 149 Å². The summed E-state index contributed by atoms with van der Waals surface area (Å²) in [5.74, 6) is -1.75. The minimum absolute atomic E-state index is 0.00362. The molecular weight excluding hydrogens is 915 g/mol. The van der Waals surface area contributed by atoms with Gasteiger partial charge in [0.2, 0.25) is 17.7 Å². The maximum atomic E-state index is 13.2. The molecule has 0 aliphatic rings. The summed E-state index contributed by atoms with van der Waals surface area (Å²) in [5.41, 5.74) is 0. The molecule has 0 heterocycles. The third kappa shape index (κ3) is 55.4. The van der Waals surface area contributed by atoms with E-state index in [9.17, 15) is 24.0 Å². The largest absolute Gasteiger partial charge is 0.464 e. The molecule has 1 atom stereocenters. The van der Waals surface area contributed by atoms with Gasteiger partial charge < -0.3 is 30.2 Å². The van der Waals surface area contributed by atoms with Gasteiger partial charge in [-0.1, -0.05) is 265 Å². The molecule has 0 aromatic heterocycles. The Morgan fingerprint density at radius 3 is 0.877 bits per heavy atom. The fourth-order valence-corrected chi connectivity index (χ4v) is 9.47. The number of unbranched alkanes of at least 4 members (excludes halogenated alkanes) is 38. The zero-order chi connectivity index (χ0) is 53.2. The standard InChI is InChI=1S/C62H119N3O8/c1-4-7-10-13-16-19-22-25-26-29-32-35-36-39-42-45-58(66)63-50-53-71-56-57(62(70)73-55-52-65-60(68)47-44-41-38-34-31-28-24-21-18-15-12-9-6-3)48-49-61(69)72-54-51-64-59(67)46-43-40-37-33-30-27-23-20-17-14-11-8-5-2/h57H,4-56H2,1-3H3,(H,63,66)(H,64,67)(H,65,68). The zero-order valence-electron chi connectivity index (χ0n) is 48.3. The Morgan fingerprint density at radius 1 is 0.315 bits per heavy atom. The van der Waals surface area contributed by atoms with Crippen molar-refractivity contribution in [2.45, 2.75) is 316 Å². The van der Waals surface area contributed by atoms with Crippen molar-refractivity contribution in [1.82, 2.24) is 16.0 Å². The fourth-order valence-electron chi connectivity index (χ4n) is 9.47. The fraction of sp³-hybridized carbons (Fsp3) is 0.919. The van der Waals surface area contributed by atoms with Gasteiger partial charge in [-0.25, -0.2) is 0 Å². The Balaban J connectivity index is 4.43. The number of amides is 3. The van der Waals surface area contributed by atoms with E-state index in [-0.39, 0.29) is 70.1 Å². The Labute approximate surface area is 450 Å². The van der Waals surface area contributed by atoms with Crippen LogP contribution in [0.4, 0.5) is 0 Å². The van der Waals surface area contributed by atoms with Crippen LogP contribution in [0.1, 0.15) is 316 Å². The lowest BCUT2D eigenvalue weighted by atomic mass is 10.0. The number of carbonyl (C=O) groups excluding carboxylic acids is 5. The number of hydrogen-bond donors (Lipinski definition) is 3. The predicted molar refractivity (Wildman–Crippen MR) is 305 cm³/mol. The van der Waals surface area contributed by atoms with Crippen LogP contribution in [0, 0.1) is 5.92 Å². The monoisotopic (exact) mass is 1030 g/mol. The van der Waals surface area contributed by atoms with E-state index in [2.05, 4.69) is 36.7 Å². The maximum Gasteiger partial charge on any atom is 0.311 e. The molecule has 0 saturated heterocycles. The number of hydrogen-bond acceptors (Lipinski definition) is 8. The van der Waals surface area contributed by atoms with E-state index in [0.717, 1.165) is 51.4 Å². The minimum Gasteiger partial charge on any atom is -0.464 e. The summed E-state index contributed by atoms with van der Waals surface area (Å²) in [6.07, 6.45) is 53.5. The summed E-state index contributed by atoms with van der Waals surface area (Å²) in [4.78, 5) is 63.1. The molecule has 430 valence electrons. The summed E-state index contributed by atoms with van der Waals surface area (Å²) < 4.78 is 16.7. The first kappa shape index (κ1) is 70.3. The van der Waals surface area contributed by atoms with Gasteiger partial charge in [-0.3, -0.25) is 24.0 Å². The van der Waals surface area contributed by atoms with Crippen molar-refractivity contribution in [3.05, 3.63) is 0 Å². The van der Waals surface area contributed by atoms with Gasteiger partial charge in [0.1, 0.15) is 13.2 Å². The van der Waals surface area contributed by atoms with Gasteiger partial charge in [0, 0.05) is 32.2 Å². The molecule has 0 saturated carbocycles. The molecule has 3 N–H and O–H groups in total. The van der Waals surface area contributed by atoms with Crippen molar-refractivity contribution in [2.75, 3.05) is 46.1 Å². The Bertz CT molecular complexity index is 1230. The van der Waals surface area contributed by atoms with Crippen LogP contribution in [0.3, 0.4) is 0 Å². The molecule has 73 heavy (non-hydrogen) atoms. The molecule has 0 fully saturated rings. The van der Waals surface area contributed by atoms with E-state index in [0.29, 0.717) is 25.8 Å². The predicted octanol–water partition coefficient (Wildman–Crippen LogP) is 16.1. The zero-order valence-corrected chi connectivity index (χ0v) is 48.3. The first-order valence-corrected chi connectivity index (χ1v) is 31.5. The van der Waals surface area contributed by atoms with Crippen LogP contribution < -0.4 is 16.0 Å². The molecule has 0 radical (unpaired) electrons. The minimum atomic E-state index is -0.718. The number of nitrogens with one attached hydrogen (secondary N) is 3. The van der Waals surface area contributed by atoms with Crippen molar-refractivity contribution < 1.29 is 38.2 Å². The van der Waals surface area contributed by atoms with Crippen molar-refractivity contribution in [1.29, 1.82) is 0 Å². The molecule has 0 aliphatic heterocycles. The van der Waals surface area contributed by atoms with Crippen LogP contribution in [-0.4, -0.2) is 75.7 Å². The number of carbonyl (C=O) groups is 5. The van der Waals surface area contributed by atoms with Gasteiger partial charge in [0.25, 0.3) is 0 Å². The molecule has 11 nitrogen and oxygen atoms in total. The van der Waals surface area contributed by atoms with Gasteiger partial charge in [0.15, 0.2) is 0 Å². The summed E-state index contributed by atoms with van der Waals surface area (Å²) >= 11 is 0. The molecule has 0 rings (SSSR count). The Kier molecular flexibility index (Phi) is 56.4. The van der Waals surface area contributed by atoms with Crippen LogP contribution in [0.15, 0.2) is 0 Å². The van der Waals surface area contributed by atoms with Gasteiger partial charge in [-0.05, 0) is 25.7 Å². The Hall–Kier alpha value is -2.69. The van der Waals surface area contributed by atoms with Crippen molar-refractivity contribution in [3.8, 4) is 0 Å². The summed E-state index contributed by atoms with van der Waals surface area (Å²) in [5, 5.41) is 8.63. The van der Waals surface area contributed by atoms with E-state index in [4.69, 9.17) is 14.2 Å². The number of esters is 2. The molecule has 11 heteroatoms. The SMILES string of the molecule is CCCCCCCCCCCCCCCCCC(=O)NCCOCC(CCC(=O)OCCNC(=O)CCCCCCCCCCCCCCC)C(=O)OCCNC(=O)CCCCCCCCCCCCCCC. The highest BCUT2D eigenvalue weighted by molar-refractivity contribution is 5.77. The van der Waals surface area contributed by atoms with E-state index in [1.807, 2.05) is 0 Å². The van der Waals surface area contributed by atoms with E-state index < -0.39 is 17.9 Å². The highest BCUT2D eigenvalue weighted by Gasteiger charge is 2.22. The van der Waals surface area contributed by atoms with Crippen molar-refractivity contribution in [2.24, 2.45) is 5.92 Å². The van der Waals surface area contributed by atoms with E-state index in [1.165, 1.54) is 212 Å². The van der Waals surface area contributed by atoms with Crippen molar-refractivity contribution >= 4 is 29.7 Å². The maximum absolute atomic E-state index is 13.2. The summed E-state index contributed by atoms with van der Waals surface area (Å²) in [6.45, 7) is 7.92. The third-order valence-electron chi connectivity index (χ3n) is 14.3. The summed E-state index contributed by atoms with van der Waals surface area (Å²) in [6, 6.07) is 0. The normalized spacial score (nSPS) is 11.7. The molecule has 0 spiro atoms. The van der Waals surface area contributed by atoms with Gasteiger partial charge in [0.05, 0.1) is 32.2 Å². The highest BCUT2D eigenvalue weighted by atomic mass is 16.5. The average Bonchev–Trinajstić information content (AvgIpc) is 3.38. The van der Waals surface area contributed by atoms with Gasteiger partial charge in [-0.2, -0.15) is 0 Å². The highest BCUT2D eigenvalue weighted by Crippen LogP contribution is 2.17. The average molecular weight is 1030 g/mol. The Morgan fingerprint density at radius 2 is 0.575 bits per heavy atom. The molecular formula is C62H119N3O8. The van der Waals surface area contributed by atoms with Crippen LogP contribution >= 0.6 is 0 Å². The first-order valence-electron chi connectivity index (χ1n) is 31.5. The smallest absolute Gasteiger partial charge is 0.311 e. The lowest BCUT2D eigenvalue weighted by Gasteiger charge is -2.17. The van der Waals surface area contributed by atoms with E-state index in [1.54, 1.807) is 0 Å². The molecule has 0 aromatic carbocycles. The molecule has 0 aromatic rings. The second kappa shape index (κ2) is 58.6. The second-order valence-corrected chi connectivity index (χ2v) is 21.4. The van der Waals surface area contributed by atoms with Crippen LogP contribution in [0.25, 0.3) is 0 Å². The molecule has 3 amide bonds. The quantitative estimate of drug-likeness (QED) is 0.0403. The second-order valence-electron chi connectivity index (χ2n) is 21.4. The third-order valence-corrected chi connectivity index (χ3v) is 14.3. The summed E-state index contributed by atoms with van der Waals surface area (Å²) in [7, 11) is 0. The van der Waals surface area contributed by atoms with Crippen LogP contribution in [0.5, 0.6) is 0 Å². The molecule has 0 bridgehead atoms. The number of rotatable bonds is 59. The lowest BCUT2D eigenvalue weighted by molar-refractivity contribution is -0.152. The van der Waals surface area contributed by atoms with Crippen LogP contribution in [0.2, 0.25) is 0 Å². The molecule has 1 unspecified atom stereocenters. The lowest BCUT2D eigenvalue weighted by Crippen LogP contribution is -2.31. The van der Waals surface area contributed by atoms with E-state index >= 15 is 0 Å².